The molecule has 9 nitrogen and oxygen atoms in total. The molecule has 0 saturated carbocycles. The molecule has 0 spiro atoms. The van der Waals surface area contributed by atoms with Crippen LogP contribution in [-0.2, 0) is 0 Å². The number of nitrogens with zero attached hydrogens (tertiary/aromatic N) is 5. The van der Waals surface area contributed by atoms with Gasteiger partial charge in [-0.2, -0.15) is 13.5 Å². The van der Waals surface area contributed by atoms with Crippen molar-refractivity contribution >= 4 is 28.8 Å². The molecule has 4 aromatic rings. The molecule has 2 bridgehead atoms. The molecule has 2 aromatic carbocycles. The second-order valence-corrected chi connectivity index (χ2v) is 8.44. The van der Waals surface area contributed by atoms with Gasteiger partial charge in [0, 0.05) is 29.3 Å². The summed E-state index contributed by atoms with van der Waals surface area (Å²) in [4.78, 5) is 34.3. The molecular weight excluding hydrogens is 456 g/mol. The molecule has 1 aliphatic heterocycles. The third-order valence-electron chi connectivity index (χ3n) is 6.05. The van der Waals surface area contributed by atoms with Crippen LogP contribution < -0.4 is 10.6 Å². The normalized spacial score (nSPS) is 17.1. The van der Waals surface area contributed by atoms with Gasteiger partial charge in [0.05, 0.1) is 11.0 Å². The average Bonchev–Trinajstić information content (AvgIpc) is 3.48. The Kier molecular flexibility index (Phi) is 5.98. The number of amides is 2. The number of alkyl halides is 2. The van der Waals surface area contributed by atoms with E-state index in [2.05, 4.69) is 25.7 Å². The highest BCUT2D eigenvalue weighted by molar-refractivity contribution is 6.06. The highest BCUT2D eigenvalue weighted by Gasteiger charge is 2.23. The van der Waals surface area contributed by atoms with E-state index in [1.165, 1.54) is 0 Å². The van der Waals surface area contributed by atoms with Crippen LogP contribution in [0.25, 0.3) is 22.4 Å². The number of aromatic nitrogens is 5. The van der Waals surface area contributed by atoms with Gasteiger partial charge in [-0.25, -0.2) is 9.97 Å². The zero-order valence-electron chi connectivity index (χ0n) is 18.9. The number of imidazole rings is 1. The maximum atomic E-state index is 13.1. The molecule has 1 atom stereocenters. The van der Waals surface area contributed by atoms with Crippen LogP contribution in [0.15, 0.2) is 48.8 Å². The van der Waals surface area contributed by atoms with E-state index < -0.39 is 12.5 Å². The van der Waals surface area contributed by atoms with Crippen LogP contribution >= 0.6 is 0 Å². The summed E-state index contributed by atoms with van der Waals surface area (Å²) in [6.07, 6.45) is 3.32. The first kappa shape index (κ1) is 22.6. The number of benzene rings is 2. The Morgan fingerprint density at radius 2 is 1.83 bits per heavy atom. The lowest BCUT2D eigenvalue weighted by molar-refractivity contribution is 0.0564. The van der Waals surface area contributed by atoms with Gasteiger partial charge in [-0.1, -0.05) is 12.1 Å². The molecule has 2 amide bonds. The number of hydrogen-bond donors (Lipinski definition) is 2. The molecule has 0 unspecified atom stereocenters. The van der Waals surface area contributed by atoms with Gasteiger partial charge in [0.1, 0.15) is 6.33 Å². The zero-order valence-corrected chi connectivity index (χ0v) is 18.9. The van der Waals surface area contributed by atoms with Gasteiger partial charge in [-0.15, -0.1) is 5.10 Å². The van der Waals surface area contributed by atoms with Crippen LogP contribution in [0.3, 0.4) is 0 Å². The lowest BCUT2D eigenvalue weighted by Crippen LogP contribution is -2.25. The van der Waals surface area contributed by atoms with Crippen molar-refractivity contribution in [1.29, 1.82) is 0 Å². The van der Waals surface area contributed by atoms with Gasteiger partial charge in [0.15, 0.2) is 5.82 Å². The van der Waals surface area contributed by atoms with Crippen LogP contribution in [0.1, 0.15) is 59.5 Å². The smallest absolute Gasteiger partial charge is 0.334 e. The number of halogens is 2. The van der Waals surface area contributed by atoms with E-state index >= 15 is 0 Å². The van der Waals surface area contributed by atoms with Crippen LogP contribution in [0.4, 0.5) is 14.7 Å². The molecule has 2 N–H and O–H groups in total. The Morgan fingerprint density at radius 1 is 1.06 bits per heavy atom. The quantitative estimate of drug-likeness (QED) is 0.443. The summed E-state index contributed by atoms with van der Waals surface area (Å²) in [7, 11) is 0. The molecule has 0 saturated heterocycles. The van der Waals surface area contributed by atoms with E-state index in [1.807, 2.05) is 11.5 Å². The summed E-state index contributed by atoms with van der Waals surface area (Å²) >= 11 is 0. The summed E-state index contributed by atoms with van der Waals surface area (Å²) < 4.78 is 28.7. The Balaban J connectivity index is 1.64. The number of carbonyl (C=O) groups excluding carboxylic acids is 2. The highest BCUT2D eigenvalue weighted by atomic mass is 19.3. The molecule has 1 aliphatic rings. The third kappa shape index (κ3) is 4.36. The van der Waals surface area contributed by atoms with E-state index in [-0.39, 0.29) is 17.8 Å². The Bertz CT molecular complexity index is 1410. The summed E-state index contributed by atoms with van der Waals surface area (Å²) in [6, 6.07) is 11.7. The SMILES string of the molecule is C[C@@H]1CCCCNC(=O)c2cccc(c2)C(=O)Nc2nc3cccc(-c4ncn(C(F)F)n4)c3n21. The predicted octanol–water partition coefficient (Wildman–Crippen LogP) is 4.42. The first-order valence-electron chi connectivity index (χ1n) is 11.3. The Hall–Kier alpha value is -4.15. The fraction of sp³-hybridized carbons (Fsp3) is 0.292. The van der Waals surface area contributed by atoms with E-state index in [0.29, 0.717) is 44.9 Å². The molecule has 0 radical (unpaired) electrons. The number of nitrogens with one attached hydrogen (secondary N) is 2. The fourth-order valence-corrected chi connectivity index (χ4v) is 4.31. The van der Waals surface area contributed by atoms with Crippen molar-refractivity contribution in [3.8, 4) is 11.4 Å². The Morgan fingerprint density at radius 3 is 2.60 bits per heavy atom. The minimum absolute atomic E-state index is 0.0985. The van der Waals surface area contributed by atoms with Gasteiger partial charge in [-0.3, -0.25) is 14.9 Å². The lowest BCUT2D eigenvalue weighted by atomic mass is 10.1. The van der Waals surface area contributed by atoms with Crippen LogP contribution in [0.5, 0.6) is 0 Å². The van der Waals surface area contributed by atoms with E-state index in [1.54, 1.807) is 42.5 Å². The number of para-hydroxylation sites is 1. The standard InChI is InChI=1S/C24H23F2N7O2/c1-14-6-2-3-11-27-21(34)15-7-4-8-16(12-15)22(35)30-24-29-18-10-5-9-17(19(18)33(14)24)20-28-13-32(31-20)23(25)26/h4-5,7-10,12-14,23H,2-3,6,11H2,1H3,(H,27,34)(H,29,30,35)/t14-/m1/s1. The minimum atomic E-state index is -2.80. The van der Waals surface area contributed by atoms with Gasteiger partial charge >= 0.3 is 6.55 Å². The van der Waals surface area contributed by atoms with Crippen molar-refractivity contribution in [2.45, 2.75) is 38.8 Å². The summed E-state index contributed by atoms with van der Waals surface area (Å²) in [5, 5.41) is 9.70. The Labute approximate surface area is 199 Å². The van der Waals surface area contributed by atoms with Crippen LogP contribution in [0, 0.1) is 0 Å². The minimum Gasteiger partial charge on any atom is -0.352 e. The molecule has 0 aliphatic carbocycles. The third-order valence-corrected chi connectivity index (χ3v) is 6.05. The number of anilines is 1. The molecule has 35 heavy (non-hydrogen) atoms. The van der Waals surface area contributed by atoms with Crippen molar-refractivity contribution < 1.29 is 18.4 Å². The van der Waals surface area contributed by atoms with Gasteiger partial charge in [0.2, 0.25) is 5.95 Å². The number of rotatable bonds is 2. The fourth-order valence-electron chi connectivity index (χ4n) is 4.31. The largest absolute Gasteiger partial charge is 0.352 e. The lowest BCUT2D eigenvalue weighted by Gasteiger charge is -2.19. The molecule has 11 heteroatoms. The van der Waals surface area contributed by atoms with Gasteiger partial charge < -0.3 is 9.88 Å². The van der Waals surface area contributed by atoms with Crippen molar-refractivity contribution in [1.82, 2.24) is 29.6 Å². The molecule has 180 valence electrons. The summed E-state index contributed by atoms with van der Waals surface area (Å²) in [5.41, 5.74) is 2.49. The topological polar surface area (TPSA) is 107 Å². The van der Waals surface area contributed by atoms with Crippen molar-refractivity contribution in [3.63, 3.8) is 0 Å². The second kappa shape index (κ2) is 9.24. The zero-order chi connectivity index (χ0) is 24.5. The van der Waals surface area contributed by atoms with Crippen molar-refractivity contribution in [3.05, 3.63) is 59.9 Å². The van der Waals surface area contributed by atoms with Gasteiger partial charge in [0.25, 0.3) is 11.8 Å². The molecule has 0 fully saturated rings. The molecule has 2 aromatic heterocycles. The van der Waals surface area contributed by atoms with Crippen LogP contribution in [0.2, 0.25) is 0 Å². The molecule has 3 heterocycles. The maximum Gasteiger partial charge on any atom is 0.334 e. The van der Waals surface area contributed by atoms with E-state index in [9.17, 15) is 18.4 Å². The monoisotopic (exact) mass is 479 g/mol. The van der Waals surface area contributed by atoms with E-state index in [0.717, 1.165) is 25.6 Å². The highest BCUT2D eigenvalue weighted by Crippen LogP contribution is 2.34. The predicted molar refractivity (Wildman–Crippen MR) is 125 cm³/mol. The number of fused-ring (bicyclic) bond motifs is 5. The number of hydrogen-bond acceptors (Lipinski definition) is 5. The van der Waals surface area contributed by atoms with E-state index in [4.69, 9.17) is 0 Å². The second-order valence-electron chi connectivity index (χ2n) is 8.44. The van der Waals surface area contributed by atoms with Crippen LogP contribution in [-0.4, -0.2) is 42.7 Å². The van der Waals surface area contributed by atoms with Crippen molar-refractivity contribution in [2.75, 3.05) is 11.9 Å². The maximum absolute atomic E-state index is 13.1. The number of carbonyl (C=O) groups is 2. The first-order valence-corrected chi connectivity index (χ1v) is 11.3. The molecule has 5 rings (SSSR count). The van der Waals surface area contributed by atoms with Gasteiger partial charge in [-0.05, 0) is 56.5 Å². The summed E-state index contributed by atoms with van der Waals surface area (Å²) in [6.45, 7) is -0.284. The summed E-state index contributed by atoms with van der Waals surface area (Å²) in [5.74, 6) is -0.170. The molecular formula is C24H23F2N7O2. The average molecular weight is 479 g/mol. The first-order chi connectivity index (χ1) is 16.9. The van der Waals surface area contributed by atoms with Crippen molar-refractivity contribution in [2.24, 2.45) is 0 Å².